The summed E-state index contributed by atoms with van der Waals surface area (Å²) < 4.78 is 5.61. The summed E-state index contributed by atoms with van der Waals surface area (Å²) in [5.74, 6) is 1.62. The monoisotopic (exact) mass is 242 g/mol. The van der Waals surface area contributed by atoms with Crippen molar-refractivity contribution in [2.24, 2.45) is 0 Å². The van der Waals surface area contributed by atoms with E-state index in [4.69, 9.17) is 9.84 Å². The van der Waals surface area contributed by atoms with E-state index in [1.54, 1.807) is 24.3 Å². The van der Waals surface area contributed by atoms with E-state index < -0.39 is 0 Å². The molecular formula is C15H14O3. The lowest BCUT2D eigenvalue weighted by atomic mass is 10.1. The van der Waals surface area contributed by atoms with Crippen molar-refractivity contribution >= 4 is 6.29 Å². The summed E-state index contributed by atoms with van der Waals surface area (Å²) in [5.41, 5.74) is 1.11. The molecule has 2 rings (SSSR count). The lowest BCUT2D eigenvalue weighted by molar-refractivity contribution is -0.107. The molecule has 0 fully saturated rings. The van der Waals surface area contributed by atoms with Crippen LogP contribution in [0.4, 0.5) is 0 Å². The van der Waals surface area contributed by atoms with E-state index in [9.17, 15) is 4.79 Å². The maximum atomic E-state index is 10.3. The predicted molar refractivity (Wildman–Crippen MR) is 69.0 cm³/mol. The van der Waals surface area contributed by atoms with Gasteiger partial charge in [-0.25, -0.2) is 0 Å². The van der Waals surface area contributed by atoms with Gasteiger partial charge in [-0.1, -0.05) is 12.1 Å². The number of hydrogen-bond donors (Lipinski definition) is 1. The molecule has 18 heavy (non-hydrogen) atoms. The Morgan fingerprint density at radius 2 is 1.50 bits per heavy atom. The van der Waals surface area contributed by atoms with Crippen LogP contribution in [-0.4, -0.2) is 11.4 Å². The molecule has 0 aliphatic heterocycles. The van der Waals surface area contributed by atoms with E-state index >= 15 is 0 Å². The highest BCUT2D eigenvalue weighted by Crippen LogP contribution is 2.23. The van der Waals surface area contributed by atoms with Gasteiger partial charge in [-0.2, -0.15) is 0 Å². The van der Waals surface area contributed by atoms with Gasteiger partial charge in [0.15, 0.2) is 0 Å². The second-order valence-electron chi connectivity index (χ2n) is 3.95. The highest BCUT2D eigenvalue weighted by Gasteiger charge is 1.98. The number of phenols is 1. The standard InChI is InChI=1S/C15H14O3/c16-11-1-2-12-3-7-14(8-4-12)18-15-9-5-13(17)6-10-15/h3-11,17H,1-2H2. The molecule has 3 nitrogen and oxygen atoms in total. The molecule has 0 aliphatic carbocycles. The number of phenolic OH excluding ortho intramolecular Hbond substituents is 1. The fourth-order valence-corrected chi connectivity index (χ4v) is 1.60. The van der Waals surface area contributed by atoms with Gasteiger partial charge in [0.05, 0.1) is 0 Å². The van der Waals surface area contributed by atoms with Crippen molar-refractivity contribution < 1.29 is 14.6 Å². The number of carbonyl (C=O) groups is 1. The summed E-state index contributed by atoms with van der Waals surface area (Å²) in [4.78, 5) is 10.3. The van der Waals surface area contributed by atoms with E-state index in [2.05, 4.69) is 0 Å². The molecular weight excluding hydrogens is 228 g/mol. The molecule has 0 saturated heterocycles. The minimum absolute atomic E-state index is 0.214. The molecule has 92 valence electrons. The van der Waals surface area contributed by atoms with Crippen LogP contribution in [0.1, 0.15) is 12.0 Å². The summed E-state index contributed by atoms with van der Waals surface area (Å²) in [5, 5.41) is 9.16. The van der Waals surface area contributed by atoms with E-state index in [1.165, 1.54) is 0 Å². The summed E-state index contributed by atoms with van der Waals surface area (Å²) in [6.07, 6.45) is 2.21. The molecule has 1 N–H and O–H groups in total. The van der Waals surface area contributed by atoms with Crippen LogP contribution in [0, 0.1) is 0 Å². The Labute approximate surface area is 106 Å². The van der Waals surface area contributed by atoms with Crippen molar-refractivity contribution in [1.82, 2.24) is 0 Å². The number of carbonyl (C=O) groups excluding carboxylic acids is 1. The molecule has 0 atom stereocenters. The van der Waals surface area contributed by atoms with Crippen LogP contribution < -0.4 is 4.74 Å². The lowest BCUT2D eigenvalue weighted by Gasteiger charge is -2.06. The summed E-state index contributed by atoms with van der Waals surface area (Å²) >= 11 is 0. The van der Waals surface area contributed by atoms with E-state index in [1.807, 2.05) is 24.3 Å². The molecule has 0 spiro atoms. The van der Waals surface area contributed by atoms with Gasteiger partial charge in [-0.05, 0) is 48.4 Å². The van der Waals surface area contributed by atoms with Crippen molar-refractivity contribution in [2.45, 2.75) is 12.8 Å². The van der Waals surface area contributed by atoms with Crippen molar-refractivity contribution in [1.29, 1.82) is 0 Å². The topological polar surface area (TPSA) is 46.5 Å². The Kier molecular flexibility index (Phi) is 3.97. The molecule has 0 radical (unpaired) electrons. The van der Waals surface area contributed by atoms with Crippen molar-refractivity contribution in [3.05, 3.63) is 54.1 Å². The first-order valence-electron chi connectivity index (χ1n) is 5.77. The van der Waals surface area contributed by atoms with Crippen LogP contribution in [0.5, 0.6) is 17.2 Å². The largest absolute Gasteiger partial charge is 0.508 e. The molecule has 3 heteroatoms. The number of hydrogen-bond acceptors (Lipinski definition) is 3. The Balaban J connectivity index is 2.01. The van der Waals surface area contributed by atoms with E-state index in [0.29, 0.717) is 12.2 Å². The highest BCUT2D eigenvalue weighted by molar-refractivity contribution is 5.50. The molecule has 2 aromatic rings. The molecule has 0 amide bonds. The molecule has 0 saturated carbocycles. The highest BCUT2D eigenvalue weighted by atomic mass is 16.5. The molecule has 0 heterocycles. The van der Waals surface area contributed by atoms with Crippen molar-refractivity contribution in [2.75, 3.05) is 0 Å². The maximum absolute atomic E-state index is 10.3. The Morgan fingerprint density at radius 1 is 0.944 bits per heavy atom. The van der Waals surface area contributed by atoms with Crippen LogP contribution in [0.3, 0.4) is 0 Å². The lowest BCUT2D eigenvalue weighted by Crippen LogP contribution is -1.87. The van der Waals surface area contributed by atoms with E-state index in [-0.39, 0.29) is 5.75 Å². The first kappa shape index (κ1) is 12.2. The molecule has 0 aliphatic rings. The predicted octanol–water partition coefficient (Wildman–Crippen LogP) is 3.32. The summed E-state index contributed by atoms with van der Waals surface area (Å²) in [6.45, 7) is 0. The Hall–Kier alpha value is -2.29. The van der Waals surface area contributed by atoms with Gasteiger partial charge >= 0.3 is 0 Å². The number of rotatable bonds is 5. The first-order chi connectivity index (χ1) is 8.78. The average Bonchev–Trinajstić information content (AvgIpc) is 2.41. The fourth-order valence-electron chi connectivity index (χ4n) is 1.60. The third kappa shape index (κ3) is 3.35. The second kappa shape index (κ2) is 5.87. The molecule has 0 bridgehead atoms. The maximum Gasteiger partial charge on any atom is 0.127 e. The zero-order valence-corrected chi connectivity index (χ0v) is 9.87. The first-order valence-corrected chi connectivity index (χ1v) is 5.77. The number of aldehydes is 1. The van der Waals surface area contributed by atoms with Gasteiger partial charge in [0.1, 0.15) is 23.5 Å². The smallest absolute Gasteiger partial charge is 0.127 e. The van der Waals surface area contributed by atoms with Crippen LogP contribution in [0.15, 0.2) is 48.5 Å². The van der Waals surface area contributed by atoms with Gasteiger partial charge in [0.25, 0.3) is 0 Å². The van der Waals surface area contributed by atoms with Crippen LogP contribution in [0.25, 0.3) is 0 Å². The third-order valence-electron chi connectivity index (χ3n) is 2.55. The number of benzene rings is 2. The van der Waals surface area contributed by atoms with Gasteiger partial charge < -0.3 is 14.6 Å². The van der Waals surface area contributed by atoms with Crippen LogP contribution in [-0.2, 0) is 11.2 Å². The normalized spacial score (nSPS) is 10.0. The van der Waals surface area contributed by atoms with Gasteiger partial charge in [0.2, 0.25) is 0 Å². The van der Waals surface area contributed by atoms with Crippen molar-refractivity contribution in [3.8, 4) is 17.2 Å². The third-order valence-corrected chi connectivity index (χ3v) is 2.55. The fraction of sp³-hybridized carbons (Fsp3) is 0.133. The van der Waals surface area contributed by atoms with Gasteiger partial charge in [-0.3, -0.25) is 0 Å². The number of ether oxygens (including phenoxy) is 1. The minimum atomic E-state index is 0.214. The molecule has 0 unspecified atom stereocenters. The second-order valence-corrected chi connectivity index (χ2v) is 3.95. The quantitative estimate of drug-likeness (QED) is 0.818. The van der Waals surface area contributed by atoms with E-state index in [0.717, 1.165) is 24.0 Å². The Morgan fingerprint density at radius 3 is 2.06 bits per heavy atom. The molecule has 0 aromatic heterocycles. The summed E-state index contributed by atoms with van der Waals surface area (Å²) in [7, 11) is 0. The van der Waals surface area contributed by atoms with Crippen LogP contribution >= 0.6 is 0 Å². The summed E-state index contributed by atoms with van der Waals surface area (Å²) in [6, 6.07) is 14.2. The van der Waals surface area contributed by atoms with Crippen molar-refractivity contribution in [3.63, 3.8) is 0 Å². The number of aromatic hydroxyl groups is 1. The zero-order chi connectivity index (χ0) is 12.8. The number of aryl methyl sites for hydroxylation is 1. The SMILES string of the molecule is O=CCCc1ccc(Oc2ccc(O)cc2)cc1. The zero-order valence-electron chi connectivity index (χ0n) is 9.87. The minimum Gasteiger partial charge on any atom is -0.508 e. The molecule has 2 aromatic carbocycles. The Bertz CT molecular complexity index is 500. The van der Waals surface area contributed by atoms with Crippen LogP contribution in [0.2, 0.25) is 0 Å². The average molecular weight is 242 g/mol. The van der Waals surface area contributed by atoms with Gasteiger partial charge in [0, 0.05) is 6.42 Å². The van der Waals surface area contributed by atoms with Gasteiger partial charge in [-0.15, -0.1) is 0 Å².